The summed E-state index contributed by atoms with van der Waals surface area (Å²) in [6.07, 6.45) is -3.75. The number of halogens is 4. The second kappa shape index (κ2) is 9.35. The minimum absolute atomic E-state index is 0.145. The molecule has 1 saturated heterocycles. The van der Waals surface area contributed by atoms with Crippen LogP contribution in [0.4, 0.5) is 13.2 Å². The van der Waals surface area contributed by atoms with Crippen LogP contribution < -0.4 is 15.4 Å². The van der Waals surface area contributed by atoms with Gasteiger partial charge in [0.25, 0.3) is 5.91 Å². The second-order valence-electron chi connectivity index (χ2n) is 7.05. The second-order valence-corrected chi connectivity index (χ2v) is 7.49. The largest absolute Gasteiger partial charge is 0.522 e. The average Bonchev–Trinajstić information content (AvgIpc) is 3.38. The van der Waals surface area contributed by atoms with Crippen molar-refractivity contribution in [3.63, 3.8) is 0 Å². The predicted molar refractivity (Wildman–Crippen MR) is 104 cm³/mol. The van der Waals surface area contributed by atoms with Crippen LogP contribution in [0.25, 0.3) is 11.0 Å². The van der Waals surface area contributed by atoms with Crippen LogP contribution in [-0.4, -0.2) is 48.3 Å². The Morgan fingerprint density at radius 3 is 2.81 bits per heavy atom. The summed E-state index contributed by atoms with van der Waals surface area (Å²) in [6, 6.07) is 6.32. The van der Waals surface area contributed by atoms with Crippen LogP contribution in [0, 0.1) is 0 Å². The van der Waals surface area contributed by atoms with Crippen molar-refractivity contribution < 1.29 is 36.3 Å². The molecule has 32 heavy (non-hydrogen) atoms. The van der Waals surface area contributed by atoms with Gasteiger partial charge in [0, 0.05) is 23.0 Å². The number of carbonyl (C=O) groups is 1. The summed E-state index contributed by atoms with van der Waals surface area (Å²) in [6.45, 7) is -0.635. The lowest BCUT2D eigenvalue weighted by Crippen LogP contribution is -2.46. The van der Waals surface area contributed by atoms with Crippen LogP contribution >= 0.6 is 11.6 Å². The van der Waals surface area contributed by atoms with Crippen molar-refractivity contribution in [3.05, 3.63) is 40.9 Å². The Hall–Kier alpha value is -2.83. The van der Waals surface area contributed by atoms with E-state index in [0.29, 0.717) is 30.0 Å². The van der Waals surface area contributed by atoms with Gasteiger partial charge in [0.15, 0.2) is 5.76 Å². The molecule has 1 amide bonds. The summed E-state index contributed by atoms with van der Waals surface area (Å²) < 4.78 is 55.2. The molecule has 172 valence electrons. The summed E-state index contributed by atoms with van der Waals surface area (Å²) in [7, 11) is 0. The van der Waals surface area contributed by atoms with Crippen LogP contribution in [0.1, 0.15) is 35.3 Å². The third-order valence-electron chi connectivity index (χ3n) is 4.75. The number of aromatic nitrogens is 2. The third kappa shape index (κ3) is 5.69. The topological polar surface area (TPSA) is 112 Å². The summed E-state index contributed by atoms with van der Waals surface area (Å²) in [5, 5.41) is 14.9. The van der Waals surface area contributed by atoms with E-state index >= 15 is 0 Å². The van der Waals surface area contributed by atoms with Crippen LogP contribution in [-0.2, 0) is 4.74 Å². The fraction of sp³-hybridized carbons (Fsp3) is 0.421. The molecular weight excluding hydrogens is 457 g/mol. The maximum absolute atomic E-state index is 12.5. The average molecular weight is 475 g/mol. The van der Waals surface area contributed by atoms with Gasteiger partial charge in [-0.15, -0.1) is 18.3 Å². The number of nitrogens with zero attached hydrogens (tertiary/aromatic N) is 2. The standard InChI is InChI=1S/C19H18ClF3N4O5/c20-11-1-4-14-10(7-11)8-15(31-14)16(28)25-12-2-3-13(24-9-12)17-26-27-18(32-17)29-5-6-30-19(21,22)23/h1,4,7-8,12-13,24H,2-3,5-6,9H2,(H,25,28)/t12-,13?/m0/s1. The highest BCUT2D eigenvalue weighted by atomic mass is 35.5. The molecule has 13 heteroatoms. The number of fused-ring (bicyclic) bond motifs is 1. The van der Waals surface area contributed by atoms with E-state index in [1.165, 1.54) is 0 Å². The smallest absolute Gasteiger partial charge is 0.451 e. The van der Waals surface area contributed by atoms with Crippen molar-refractivity contribution in [2.45, 2.75) is 31.3 Å². The molecule has 3 aromatic rings. The van der Waals surface area contributed by atoms with Crippen molar-refractivity contribution >= 4 is 28.5 Å². The maximum atomic E-state index is 12.5. The number of hydrogen-bond acceptors (Lipinski definition) is 8. The van der Waals surface area contributed by atoms with Crippen molar-refractivity contribution in [2.75, 3.05) is 19.8 Å². The van der Waals surface area contributed by atoms with Gasteiger partial charge in [-0.3, -0.25) is 9.53 Å². The number of carbonyl (C=O) groups excluding carboxylic acids is 1. The Morgan fingerprint density at radius 1 is 1.22 bits per heavy atom. The van der Waals surface area contributed by atoms with E-state index in [-0.39, 0.29) is 42.3 Å². The van der Waals surface area contributed by atoms with Gasteiger partial charge in [0.05, 0.1) is 12.6 Å². The molecule has 2 N–H and O–H groups in total. The van der Waals surface area contributed by atoms with E-state index in [9.17, 15) is 18.0 Å². The van der Waals surface area contributed by atoms with Crippen molar-refractivity contribution in [2.24, 2.45) is 0 Å². The van der Waals surface area contributed by atoms with Gasteiger partial charge in [-0.1, -0.05) is 16.7 Å². The molecule has 9 nitrogen and oxygen atoms in total. The van der Waals surface area contributed by atoms with Crippen molar-refractivity contribution in [1.82, 2.24) is 20.8 Å². The molecule has 1 fully saturated rings. The Morgan fingerprint density at radius 2 is 2.06 bits per heavy atom. The SMILES string of the molecule is O=C(N[C@H]1CCC(c2nnc(OCCOC(F)(F)F)o2)NC1)c1cc2cc(Cl)ccc2o1. The monoisotopic (exact) mass is 474 g/mol. The molecule has 1 aliphatic rings. The molecule has 3 heterocycles. The van der Waals surface area contributed by atoms with E-state index in [1.807, 2.05) is 0 Å². The van der Waals surface area contributed by atoms with E-state index in [4.69, 9.17) is 25.2 Å². The number of piperidine rings is 1. The summed E-state index contributed by atoms with van der Waals surface area (Å²) in [5.41, 5.74) is 0.570. The normalized spacial score (nSPS) is 19.2. The molecule has 0 spiro atoms. The zero-order valence-electron chi connectivity index (χ0n) is 16.4. The molecule has 0 aliphatic carbocycles. The summed E-state index contributed by atoms with van der Waals surface area (Å²) in [5.74, 6) is 0.102. The van der Waals surface area contributed by atoms with Gasteiger partial charge in [0.2, 0.25) is 5.89 Å². The number of amides is 1. The predicted octanol–water partition coefficient (Wildman–Crippen LogP) is 3.61. The molecule has 0 saturated carbocycles. The number of furan rings is 1. The van der Waals surface area contributed by atoms with Crippen LogP contribution in [0.2, 0.25) is 5.02 Å². The number of benzene rings is 1. The lowest BCUT2D eigenvalue weighted by Gasteiger charge is -2.28. The first-order valence-corrected chi connectivity index (χ1v) is 10.0. The van der Waals surface area contributed by atoms with Gasteiger partial charge >= 0.3 is 12.4 Å². The highest BCUT2D eigenvalue weighted by Crippen LogP contribution is 2.26. The minimum Gasteiger partial charge on any atom is -0.451 e. The van der Waals surface area contributed by atoms with E-state index in [0.717, 1.165) is 5.39 Å². The Balaban J connectivity index is 1.24. The fourth-order valence-electron chi connectivity index (χ4n) is 3.28. The quantitative estimate of drug-likeness (QED) is 0.499. The Kier molecular flexibility index (Phi) is 6.53. The molecule has 1 unspecified atom stereocenters. The summed E-state index contributed by atoms with van der Waals surface area (Å²) in [4.78, 5) is 12.5. The zero-order chi connectivity index (χ0) is 22.7. The number of rotatable bonds is 7. The first kappa shape index (κ1) is 22.4. The molecule has 2 aromatic heterocycles. The Bertz CT molecular complexity index is 1080. The molecule has 4 rings (SSSR count). The van der Waals surface area contributed by atoms with Gasteiger partial charge in [-0.05, 0) is 37.1 Å². The molecule has 0 bridgehead atoms. The summed E-state index contributed by atoms with van der Waals surface area (Å²) >= 11 is 5.95. The number of ether oxygens (including phenoxy) is 2. The van der Waals surface area contributed by atoms with Gasteiger partial charge < -0.3 is 24.2 Å². The lowest BCUT2D eigenvalue weighted by molar-refractivity contribution is -0.325. The fourth-order valence-corrected chi connectivity index (χ4v) is 3.46. The molecule has 2 atom stereocenters. The van der Waals surface area contributed by atoms with E-state index in [1.54, 1.807) is 24.3 Å². The zero-order valence-corrected chi connectivity index (χ0v) is 17.2. The highest BCUT2D eigenvalue weighted by molar-refractivity contribution is 6.31. The first-order valence-electron chi connectivity index (χ1n) is 9.67. The van der Waals surface area contributed by atoms with Crippen LogP contribution in [0.5, 0.6) is 6.08 Å². The molecule has 0 radical (unpaired) electrons. The van der Waals surface area contributed by atoms with E-state index in [2.05, 4.69) is 25.6 Å². The number of alkyl halides is 3. The number of hydrogen-bond donors (Lipinski definition) is 2. The van der Waals surface area contributed by atoms with Crippen molar-refractivity contribution in [3.8, 4) is 6.08 Å². The van der Waals surface area contributed by atoms with Crippen LogP contribution in [0.3, 0.4) is 0 Å². The molecule has 1 aromatic carbocycles. The molecule has 1 aliphatic heterocycles. The third-order valence-corrected chi connectivity index (χ3v) is 4.98. The first-order chi connectivity index (χ1) is 15.3. The van der Waals surface area contributed by atoms with E-state index < -0.39 is 13.0 Å². The van der Waals surface area contributed by atoms with Gasteiger partial charge in [0.1, 0.15) is 12.2 Å². The van der Waals surface area contributed by atoms with Gasteiger partial charge in [-0.2, -0.15) is 0 Å². The number of nitrogens with one attached hydrogen (secondary N) is 2. The van der Waals surface area contributed by atoms with Crippen LogP contribution in [0.15, 0.2) is 33.1 Å². The molecular formula is C19H18ClF3N4O5. The maximum Gasteiger partial charge on any atom is 0.522 e. The van der Waals surface area contributed by atoms with Gasteiger partial charge in [-0.25, -0.2) is 0 Å². The lowest BCUT2D eigenvalue weighted by atomic mass is 10.0. The minimum atomic E-state index is -4.72. The van der Waals surface area contributed by atoms with Crippen molar-refractivity contribution in [1.29, 1.82) is 0 Å². The Labute approximate surface area is 184 Å². The highest BCUT2D eigenvalue weighted by Gasteiger charge is 2.29.